The average molecular weight is 453 g/mol. The highest BCUT2D eigenvalue weighted by molar-refractivity contribution is 7.89. The van der Waals surface area contributed by atoms with Crippen molar-refractivity contribution in [2.75, 3.05) is 19.7 Å². The van der Waals surface area contributed by atoms with Crippen molar-refractivity contribution in [3.05, 3.63) is 64.7 Å². The molecule has 1 N–H and O–H groups in total. The molecular formula is C22H29ClN2O4S. The van der Waals surface area contributed by atoms with Crippen LogP contribution >= 0.6 is 11.6 Å². The smallest absolute Gasteiger partial charge is 0.243 e. The summed E-state index contributed by atoms with van der Waals surface area (Å²) in [5.41, 5.74) is 1.88. The third-order valence-electron chi connectivity index (χ3n) is 4.35. The molecular weight excluding hydrogens is 424 g/mol. The van der Waals surface area contributed by atoms with Gasteiger partial charge in [-0.15, -0.1) is 0 Å². The molecule has 0 saturated carbocycles. The molecule has 1 amide bonds. The third-order valence-corrected chi connectivity index (χ3v) is 6.40. The number of nitrogens with zero attached hydrogens (tertiary/aromatic N) is 1. The van der Waals surface area contributed by atoms with Crippen LogP contribution in [0.5, 0.6) is 0 Å². The molecule has 0 aromatic heterocycles. The van der Waals surface area contributed by atoms with Crippen LogP contribution in [0.4, 0.5) is 0 Å². The van der Waals surface area contributed by atoms with Gasteiger partial charge in [0, 0.05) is 24.7 Å². The Morgan fingerprint density at radius 2 is 1.73 bits per heavy atom. The van der Waals surface area contributed by atoms with Gasteiger partial charge in [0.05, 0.1) is 17.5 Å². The zero-order valence-electron chi connectivity index (χ0n) is 17.6. The maximum atomic E-state index is 13.2. The number of carbonyl (C=O) groups is 1. The fourth-order valence-electron chi connectivity index (χ4n) is 2.71. The Hall–Kier alpha value is -1.93. The number of aryl methyl sites for hydroxylation is 1. The molecule has 0 radical (unpaired) electrons. The van der Waals surface area contributed by atoms with Crippen molar-refractivity contribution in [3.8, 4) is 0 Å². The van der Waals surface area contributed by atoms with E-state index in [0.29, 0.717) is 24.6 Å². The lowest BCUT2D eigenvalue weighted by Gasteiger charge is -2.22. The zero-order valence-corrected chi connectivity index (χ0v) is 19.2. The first kappa shape index (κ1) is 24.3. The summed E-state index contributed by atoms with van der Waals surface area (Å²) in [6, 6.07) is 13.5. The average Bonchev–Trinajstić information content (AvgIpc) is 2.69. The number of sulfonamides is 1. The molecule has 0 aliphatic carbocycles. The van der Waals surface area contributed by atoms with Crippen molar-refractivity contribution in [3.63, 3.8) is 0 Å². The molecule has 164 valence electrons. The van der Waals surface area contributed by atoms with Gasteiger partial charge in [-0.1, -0.05) is 41.4 Å². The summed E-state index contributed by atoms with van der Waals surface area (Å²) in [7, 11) is -3.88. The summed E-state index contributed by atoms with van der Waals surface area (Å²) >= 11 is 5.89. The van der Waals surface area contributed by atoms with Gasteiger partial charge in [0.25, 0.3) is 0 Å². The second-order valence-corrected chi connectivity index (χ2v) is 9.71. The predicted octanol–water partition coefficient (Wildman–Crippen LogP) is 3.77. The van der Waals surface area contributed by atoms with Gasteiger partial charge in [0.1, 0.15) is 0 Å². The van der Waals surface area contributed by atoms with Crippen molar-refractivity contribution < 1.29 is 17.9 Å². The number of nitrogens with one attached hydrogen (secondary N) is 1. The third kappa shape index (κ3) is 7.72. The largest absolute Gasteiger partial charge is 0.379 e. The minimum atomic E-state index is -3.88. The van der Waals surface area contributed by atoms with Crippen LogP contribution < -0.4 is 5.32 Å². The van der Waals surface area contributed by atoms with Crippen LogP contribution in [0.1, 0.15) is 31.4 Å². The summed E-state index contributed by atoms with van der Waals surface area (Å²) in [5.74, 6) is -0.357. The van der Waals surface area contributed by atoms with Crippen LogP contribution in [0.3, 0.4) is 0 Å². The molecule has 30 heavy (non-hydrogen) atoms. The van der Waals surface area contributed by atoms with E-state index in [0.717, 1.165) is 11.1 Å². The Bertz CT molecular complexity index is 913. The molecule has 2 rings (SSSR count). The van der Waals surface area contributed by atoms with E-state index in [-0.39, 0.29) is 30.0 Å². The van der Waals surface area contributed by atoms with Crippen molar-refractivity contribution >= 4 is 27.5 Å². The molecule has 0 atom stereocenters. The van der Waals surface area contributed by atoms with Gasteiger partial charge in [-0.2, -0.15) is 4.31 Å². The second-order valence-electron chi connectivity index (χ2n) is 7.34. The Kier molecular flexibility index (Phi) is 9.30. The van der Waals surface area contributed by atoms with Gasteiger partial charge < -0.3 is 10.1 Å². The Balaban J connectivity index is 2.11. The molecule has 2 aromatic rings. The zero-order chi connectivity index (χ0) is 22.1. The summed E-state index contributed by atoms with van der Waals surface area (Å²) in [6.07, 6.45) is 0.793. The van der Waals surface area contributed by atoms with Gasteiger partial charge in [-0.25, -0.2) is 8.42 Å². The van der Waals surface area contributed by atoms with Crippen LogP contribution in [0.15, 0.2) is 53.4 Å². The molecule has 0 fully saturated rings. The molecule has 2 aromatic carbocycles. The minimum absolute atomic E-state index is 0.0924. The SMILES string of the molecule is Cc1ccc(CN(CC(=O)NCCCOC(C)C)S(=O)(=O)c2ccc(Cl)cc2)cc1. The summed E-state index contributed by atoms with van der Waals surface area (Å²) in [4.78, 5) is 12.5. The summed E-state index contributed by atoms with van der Waals surface area (Å²) in [6.45, 7) is 6.63. The number of benzene rings is 2. The van der Waals surface area contributed by atoms with Crippen LogP contribution in [-0.2, 0) is 26.1 Å². The van der Waals surface area contributed by atoms with Crippen LogP contribution in [0, 0.1) is 6.92 Å². The number of hydrogen-bond acceptors (Lipinski definition) is 4. The molecule has 0 heterocycles. The van der Waals surface area contributed by atoms with Crippen LogP contribution in [0.25, 0.3) is 0 Å². The fourth-order valence-corrected chi connectivity index (χ4v) is 4.22. The number of carbonyl (C=O) groups excluding carboxylic acids is 1. The highest BCUT2D eigenvalue weighted by atomic mass is 35.5. The molecule has 0 saturated heterocycles. The van der Waals surface area contributed by atoms with E-state index in [4.69, 9.17) is 16.3 Å². The first-order valence-electron chi connectivity index (χ1n) is 9.88. The Labute approximate surface area is 184 Å². The van der Waals surface area contributed by atoms with E-state index in [1.807, 2.05) is 45.0 Å². The second kappa shape index (κ2) is 11.5. The standard InChI is InChI=1S/C22H29ClN2O4S/c1-17(2)29-14-4-13-24-22(26)16-25(15-19-7-5-18(3)6-8-19)30(27,28)21-11-9-20(23)10-12-21/h5-12,17H,4,13-16H2,1-3H3,(H,24,26). The topological polar surface area (TPSA) is 75.7 Å². The minimum Gasteiger partial charge on any atom is -0.379 e. The van der Waals surface area contributed by atoms with Crippen LogP contribution in [-0.4, -0.2) is 44.4 Å². The van der Waals surface area contributed by atoms with Gasteiger partial charge in [0.15, 0.2) is 0 Å². The molecule has 0 aliphatic rings. The lowest BCUT2D eigenvalue weighted by Crippen LogP contribution is -2.40. The highest BCUT2D eigenvalue weighted by Crippen LogP contribution is 2.20. The van der Waals surface area contributed by atoms with Gasteiger partial charge in [0.2, 0.25) is 15.9 Å². The number of halogens is 1. The highest BCUT2D eigenvalue weighted by Gasteiger charge is 2.26. The monoisotopic (exact) mass is 452 g/mol. The quantitative estimate of drug-likeness (QED) is 0.526. The van der Waals surface area contributed by atoms with E-state index in [1.165, 1.54) is 28.6 Å². The van der Waals surface area contributed by atoms with Crippen molar-refractivity contribution in [1.82, 2.24) is 9.62 Å². The fraction of sp³-hybridized carbons (Fsp3) is 0.409. The summed E-state index contributed by atoms with van der Waals surface area (Å²) < 4.78 is 33.0. The van der Waals surface area contributed by atoms with E-state index >= 15 is 0 Å². The lowest BCUT2D eigenvalue weighted by atomic mass is 10.1. The summed E-state index contributed by atoms with van der Waals surface area (Å²) in [5, 5.41) is 3.21. The number of amides is 1. The molecule has 6 nitrogen and oxygen atoms in total. The number of ether oxygens (including phenoxy) is 1. The first-order valence-corrected chi connectivity index (χ1v) is 11.7. The number of rotatable bonds is 11. The molecule has 8 heteroatoms. The normalized spacial score (nSPS) is 11.8. The van der Waals surface area contributed by atoms with E-state index in [2.05, 4.69) is 5.32 Å². The van der Waals surface area contributed by atoms with Crippen molar-refractivity contribution in [2.45, 2.75) is 44.7 Å². The molecule has 0 aliphatic heterocycles. The molecule has 0 spiro atoms. The molecule has 0 bridgehead atoms. The Morgan fingerprint density at radius 3 is 2.33 bits per heavy atom. The van der Waals surface area contributed by atoms with E-state index in [1.54, 1.807) is 0 Å². The maximum absolute atomic E-state index is 13.2. The van der Waals surface area contributed by atoms with Crippen molar-refractivity contribution in [2.24, 2.45) is 0 Å². The van der Waals surface area contributed by atoms with Crippen molar-refractivity contribution in [1.29, 1.82) is 0 Å². The molecule has 0 unspecified atom stereocenters. The van der Waals surface area contributed by atoms with E-state index in [9.17, 15) is 13.2 Å². The van der Waals surface area contributed by atoms with E-state index < -0.39 is 10.0 Å². The van der Waals surface area contributed by atoms with Gasteiger partial charge in [-0.05, 0) is 57.0 Å². The van der Waals surface area contributed by atoms with Crippen LogP contribution in [0.2, 0.25) is 5.02 Å². The van der Waals surface area contributed by atoms with Gasteiger partial charge in [-0.3, -0.25) is 4.79 Å². The lowest BCUT2D eigenvalue weighted by molar-refractivity contribution is -0.121. The predicted molar refractivity (Wildman–Crippen MR) is 119 cm³/mol. The maximum Gasteiger partial charge on any atom is 0.243 e. The van der Waals surface area contributed by atoms with Gasteiger partial charge >= 0.3 is 0 Å². The number of hydrogen-bond donors (Lipinski definition) is 1. The Morgan fingerprint density at radius 1 is 1.10 bits per heavy atom. The first-order chi connectivity index (χ1) is 14.2.